The summed E-state index contributed by atoms with van der Waals surface area (Å²) in [5.74, 6) is 0.195. The molecule has 6 nitrogen and oxygen atoms in total. The number of carbonyl (C=O) groups excluding carboxylic acids is 1. The normalized spacial score (nSPS) is 15.6. The van der Waals surface area contributed by atoms with E-state index in [0.717, 1.165) is 12.5 Å². The molecule has 1 aliphatic heterocycles. The quantitative estimate of drug-likeness (QED) is 0.813. The molecule has 152 valence electrons. The Balaban J connectivity index is 1.54. The fraction of sp³-hybridized carbons (Fsp3) is 0.474. The van der Waals surface area contributed by atoms with Crippen molar-refractivity contribution in [3.63, 3.8) is 0 Å². The number of amides is 1. The van der Waals surface area contributed by atoms with Gasteiger partial charge in [-0.2, -0.15) is 13.2 Å². The number of oxazole rings is 1. The molecule has 3 rings (SSSR count). The number of piperazine rings is 1. The third-order valence-electron chi connectivity index (χ3n) is 4.59. The summed E-state index contributed by atoms with van der Waals surface area (Å²) in [6.45, 7) is 5.53. The van der Waals surface area contributed by atoms with Crippen LogP contribution in [0.5, 0.6) is 0 Å². The first kappa shape index (κ1) is 20.2. The highest BCUT2D eigenvalue weighted by molar-refractivity contribution is 5.91. The highest BCUT2D eigenvalue weighted by Crippen LogP contribution is 2.31. The zero-order chi connectivity index (χ0) is 20.1. The first-order chi connectivity index (χ1) is 13.4. The SMILES string of the molecule is CCCNC(=O)c1coc(CN2CCN(c3cccc(C(F)(F)F)c3)CC2)n1. The van der Waals surface area contributed by atoms with Crippen molar-refractivity contribution < 1.29 is 22.4 Å². The first-order valence-corrected chi connectivity index (χ1v) is 9.24. The average molecular weight is 396 g/mol. The van der Waals surface area contributed by atoms with Crippen LogP contribution >= 0.6 is 0 Å². The van der Waals surface area contributed by atoms with Crippen molar-refractivity contribution in [2.75, 3.05) is 37.6 Å². The van der Waals surface area contributed by atoms with Crippen LogP contribution in [0.25, 0.3) is 0 Å². The van der Waals surface area contributed by atoms with Crippen molar-refractivity contribution in [1.82, 2.24) is 15.2 Å². The minimum Gasteiger partial charge on any atom is -0.447 e. The van der Waals surface area contributed by atoms with Crippen LogP contribution in [-0.4, -0.2) is 48.5 Å². The van der Waals surface area contributed by atoms with Crippen molar-refractivity contribution in [2.24, 2.45) is 0 Å². The van der Waals surface area contributed by atoms with E-state index in [-0.39, 0.29) is 11.6 Å². The topological polar surface area (TPSA) is 61.6 Å². The fourth-order valence-electron chi connectivity index (χ4n) is 3.05. The number of hydrogen-bond donors (Lipinski definition) is 1. The van der Waals surface area contributed by atoms with Gasteiger partial charge in [0.15, 0.2) is 5.69 Å². The van der Waals surface area contributed by atoms with E-state index in [1.165, 1.54) is 18.4 Å². The predicted molar refractivity (Wildman–Crippen MR) is 98.1 cm³/mol. The molecule has 0 spiro atoms. The van der Waals surface area contributed by atoms with Crippen molar-refractivity contribution in [3.05, 3.63) is 47.7 Å². The zero-order valence-electron chi connectivity index (χ0n) is 15.6. The van der Waals surface area contributed by atoms with Gasteiger partial charge in [-0.3, -0.25) is 9.69 Å². The lowest BCUT2D eigenvalue weighted by atomic mass is 10.1. The number of aromatic nitrogens is 1. The van der Waals surface area contributed by atoms with E-state index in [2.05, 4.69) is 15.2 Å². The van der Waals surface area contributed by atoms with Crippen molar-refractivity contribution in [3.8, 4) is 0 Å². The van der Waals surface area contributed by atoms with Crippen LogP contribution in [0.15, 0.2) is 34.9 Å². The van der Waals surface area contributed by atoms with Crippen LogP contribution < -0.4 is 10.2 Å². The molecule has 2 heterocycles. The number of rotatable bonds is 6. The van der Waals surface area contributed by atoms with E-state index < -0.39 is 11.7 Å². The summed E-state index contributed by atoms with van der Waals surface area (Å²) in [5, 5.41) is 2.74. The molecule has 0 radical (unpaired) electrons. The summed E-state index contributed by atoms with van der Waals surface area (Å²) in [4.78, 5) is 20.1. The van der Waals surface area contributed by atoms with Gasteiger partial charge in [-0.15, -0.1) is 0 Å². The van der Waals surface area contributed by atoms with E-state index in [1.54, 1.807) is 6.07 Å². The van der Waals surface area contributed by atoms with Gasteiger partial charge in [-0.05, 0) is 24.6 Å². The van der Waals surface area contributed by atoms with Gasteiger partial charge in [-0.25, -0.2) is 4.98 Å². The van der Waals surface area contributed by atoms with Crippen LogP contribution in [0.4, 0.5) is 18.9 Å². The highest BCUT2D eigenvalue weighted by Gasteiger charge is 2.31. The van der Waals surface area contributed by atoms with Gasteiger partial charge in [-0.1, -0.05) is 13.0 Å². The molecule has 0 saturated carbocycles. The Kier molecular flexibility index (Phi) is 6.23. The smallest absolute Gasteiger partial charge is 0.416 e. The maximum atomic E-state index is 12.9. The Morgan fingerprint density at radius 3 is 2.68 bits per heavy atom. The molecule has 1 fully saturated rings. The Labute approximate surface area is 161 Å². The number of hydrogen-bond acceptors (Lipinski definition) is 5. The summed E-state index contributed by atoms with van der Waals surface area (Å²) >= 11 is 0. The zero-order valence-corrected chi connectivity index (χ0v) is 15.6. The molecule has 0 unspecified atom stereocenters. The highest BCUT2D eigenvalue weighted by atomic mass is 19.4. The second kappa shape index (κ2) is 8.64. The summed E-state index contributed by atoms with van der Waals surface area (Å²) in [6.07, 6.45) is -2.16. The van der Waals surface area contributed by atoms with Gasteiger partial charge in [0.25, 0.3) is 5.91 Å². The van der Waals surface area contributed by atoms with E-state index in [9.17, 15) is 18.0 Å². The number of alkyl halides is 3. The first-order valence-electron chi connectivity index (χ1n) is 9.24. The number of nitrogens with zero attached hydrogens (tertiary/aromatic N) is 3. The molecule has 0 aliphatic carbocycles. The van der Waals surface area contributed by atoms with E-state index in [1.807, 2.05) is 11.8 Å². The lowest BCUT2D eigenvalue weighted by Gasteiger charge is -2.35. The fourth-order valence-corrected chi connectivity index (χ4v) is 3.05. The van der Waals surface area contributed by atoms with E-state index in [0.29, 0.717) is 50.8 Å². The van der Waals surface area contributed by atoms with Gasteiger partial charge in [0.2, 0.25) is 5.89 Å². The van der Waals surface area contributed by atoms with Crippen LogP contribution in [0.2, 0.25) is 0 Å². The molecule has 1 amide bonds. The Bertz CT molecular complexity index is 798. The van der Waals surface area contributed by atoms with E-state index in [4.69, 9.17) is 4.42 Å². The Morgan fingerprint density at radius 1 is 1.25 bits per heavy atom. The van der Waals surface area contributed by atoms with Gasteiger partial charge in [0.1, 0.15) is 6.26 Å². The van der Waals surface area contributed by atoms with Gasteiger partial charge in [0, 0.05) is 38.4 Å². The monoisotopic (exact) mass is 396 g/mol. The molecule has 28 heavy (non-hydrogen) atoms. The second-order valence-corrected chi connectivity index (χ2v) is 6.69. The molecule has 0 atom stereocenters. The van der Waals surface area contributed by atoms with Gasteiger partial charge < -0.3 is 14.6 Å². The van der Waals surface area contributed by atoms with Gasteiger partial charge >= 0.3 is 6.18 Å². The number of nitrogens with one attached hydrogen (secondary N) is 1. The third kappa shape index (κ3) is 5.03. The minimum absolute atomic E-state index is 0.256. The maximum absolute atomic E-state index is 12.9. The largest absolute Gasteiger partial charge is 0.447 e. The van der Waals surface area contributed by atoms with Crippen molar-refractivity contribution in [2.45, 2.75) is 26.1 Å². The summed E-state index contributed by atoms with van der Waals surface area (Å²) in [6, 6.07) is 5.39. The van der Waals surface area contributed by atoms with Gasteiger partial charge in [0.05, 0.1) is 12.1 Å². The average Bonchev–Trinajstić information content (AvgIpc) is 3.15. The standard InChI is InChI=1S/C19H23F3N4O2/c1-2-6-23-18(27)16-13-28-17(24-16)12-25-7-9-26(10-8-25)15-5-3-4-14(11-15)19(20,21)22/h3-5,11,13H,2,6-10,12H2,1H3,(H,23,27). The Morgan fingerprint density at radius 2 is 2.00 bits per heavy atom. The molecule has 1 aromatic heterocycles. The molecule has 2 aromatic rings. The predicted octanol–water partition coefficient (Wildman–Crippen LogP) is 3.16. The minimum atomic E-state index is -4.34. The van der Waals surface area contributed by atoms with Crippen LogP contribution in [0.1, 0.15) is 35.3 Å². The lowest BCUT2D eigenvalue weighted by Crippen LogP contribution is -2.46. The molecule has 1 N–H and O–H groups in total. The summed E-state index contributed by atoms with van der Waals surface area (Å²) in [7, 11) is 0. The Hall–Kier alpha value is -2.55. The number of anilines is 1. The van der Waals surface area contributed by atoms with Crippen molar-refractivity contribution >= 4 is 11.6 Å². The number of carbonyl (C=O) groups is 1. The van der Waals surface area contributed by atoms with E-state index >= 15 is 0 Å². The van der Waals surface area contributed by atoms with Crippen LogP contribution in [0, 0.1) is 0 Å². The molecular weight excluding hydrogens is 373 g/mol. The molecule has 1 aromatic carbocycles. The lowest BCUT2D eigenvalue weighted by molar-refractivity contribution is -0.137. The van der Waals surface area contributed by atoms with Crippen LogP contribution in [0.3, 0.4) is 0 Å². The molecule has 1 aliphatic rings. The van der Waals surface area contributed by atoms with Crippen LogP contribution in [-0.2, 0) is 12.7 Å². The molecule has 1 saturated heterocycles. The second-order valence-electron chi connectivity index (χ2n) is 6.69. The molecular formula is C19H23F3N4O2. The molecule has 0 bridgehead atoms. The number of benzene rings is 1. The summed E-state index contributed by atoms with van der Waals surface area (Å²) in [5.41, 5.74) is 0.188. The van der Waals surface area contributed by atoms with Crippen molar-refractivity contribution in [1.29, 1.82) is 0 Å². The number of halogens is 3. The maximum Gasteiger partial charge on any atom is 0.416 e. The molecule has 9 heteroatoms. The summed E-state index contributed by atoms with van der Waals surface area (Å²) < 4.78 is 44.1. The third-order valence-corrected chi connectivity index (χ3v) is 4.59.